The number of rotatable bonds is 4. The number of benzene rings is 1. The van der Waals surface area contributed by atoms with E-state index in [1.54, 1.807) is 13.0 Å². The SMILES string of the molecule is C/C=C\N=Nc1ccc([N+](=O)[O-])cc1[N+](=O)[O-]. The molecular weight excluding hydrogens is 228 g/mol. The molecule has 0 aliphatic rings. The lowest BCUT2D eigenvalue weighted by Gasteiger charge is -1.95. The Kier molecular flexibility index (Phi) is 3.98. The minimum absolute atomic E-state index is 0.0290. The van der Waals surface area contributed by atoms with Crippen molar-refractivity contribution in [2.45, 2.75) is 6.92 Å². The summed E-state index contributed by atoms with van der Waals surface area (Å²) in [6.45, 7) is 1.71. The fourth-order valence-electron chi connectivity index (χ4n) is 1.02. The van der Waals surface area contributed by atoms with Gasteiger partial charge < -0.3 is 0 Å². The van der Waals surface area contributed by atoms with E-state index < -0.39 is 15.5 Å². The Hall–Kier alpha value is -2.64. The fourth-order valence-corrected chi connectivity index (χ4v) is 1.02. The second kappa shape index (κ2) is 5.45. The summed E-state index contributed by atoms with van der Waals surface area (Å²) in [5.74, 6) is 0. The van der Waals surface area contributed by atoms with Gasteiger partial charge in [0.1, 0.15) is 0 Å². The lowest BCUT2D eigenvalue weighted by atomic mass is 10.2. The molecule has 0 atom stereocenters. The monoisotopic (exact) mass is 236 g/mol. The summed E-state index contributed by atoms with van der Waals surface area (Å²) in [6, 6.07) is 3.17. The highest BCUT2D eigenvalue weighted by Crippen LogP contribution is 2.31. The summed E-state index contributed by atoms with van der Waals surface area (Å²) in [5.41, 5.74) is -0.840. The van der Waals surface area contributed by atoms with E-state index in [1.807, 2.05) is 0 Å². The molecule has 0 unspecified atom stereocenters. The van der Waals surface area contributed by atoms with Gasteiger partial charge in [-0.3, -0.25) is 20.2 Å². The highest BCUT2D eigenvalue weighted by atomic mass is 16.6. The van der Waals surface area contributed by atoms with Gasteiger partial charge in [-0.1, -0.05) is 6.08 Å². The number of hydrogen-bond acceptors (Lipinski definition) is 6. The van der Waals surface area contributed by atoms with Crippen LogP contribution in [0.2, 0.25) is 0 Å². The van der Waals surface area contributed by atoms with Gasteiger partial charge in [0.25, 0.3) is 5.69 Å². The van der Waals surface area contributed by atoms with Crippen LogP contribution in [0.25, 0.3) is 0 Å². The summed E-state index contributed by atoms with van der Waals surface area (Å²) < 4.78 is 0. The molecule has 17 heavy (non-hydrogen) atoms. The fraction of sp³-hybridized carbons (Fsp3) is 0.111. The maximum atomic E-state index is 10.7. The molecule has 0 saturated carbocycles. The number of azo groups is 1. The third-order valence-corrected chi connectivity index (χ3v) is 1.75. The first kappa shape index (κ1) is 12.4. The molecule has 0 spiro atoms. The van der Waals surface area contributed by atoms with Crippen LogP contribution in [-0.4, -0.2) is 9.85 Å². The maximum absolute atomic E-state index is 10.7. The van der Waals surface area contributed by atoms with Crippen LogP contribution < -0.4 is 0 Å². The van der Waals surface area contributed by atoms with Crippen molar-refractivity contribution in [3.8, 4) is 0 Å². The molecule has 88 valence electrons. The van der Waals surface area contributed by atoms with E-state index in [4.69, 9.17) is 0 Å². The van der Waals surface area contributed by atoms with Crippen molar-refractivity contribution in [2.24, 2.45) is 10.2 Å². The smallest absolute Gasteiger partial charge is 0.258 e. The topological polar surface area (TPSA) is 111 Å². The molecule has 1 aromatic carbocycles. The van der Waals surface area contributed by atoms with Gasteiger partial charge in [0.15, 0.2) is 5.69 Å². The Morgan fingerprint density at radius 1 is 1.24 bits per heavy atom. The molecule has 8 nitrogen and oxygen atoms in total. The molecule has 0 N–H and O–H groups in total. The summed E-state index contributed by atoms with van der Waals surface area (Å²) in [4.78, 5) is 19.7. The van der Waals surface area contributed by atoms with Gasteiger partial charge in [-0.25, -0.2) is 0 Å². The molecule has 0 bridgehead atoms. The first-order valence-corrected chi connectivity index (χ1v) is 4.51. The van der Waals surface area contributed by atoms with Gasteiger partial charge in [0.2, 0.25) is 0 Å². The van der Waals surface area contributed by atoms with E-state index >= 15 is 0 Å². The van der Waals surface area contributed by atoms with Crippen LogP contribution in [-0.2, 0) is 0 Å². The minimum Gasteiger partial charge on any atom is -0.258 e. The zero-order valence-electron chi connectivity index (χ0n) is 8.81. The molecule has 1 aromatic rings. The highest BCUT2D eigenvalue weighted by molar-refractivity contribution is 5.61. The lowest BCUT2D eigenvalue weighted by Crippen LogP contribution is -1.92. The number of allylic oxidation sites excluding steroid dienone is 1. The predicted octanol–water partition coefficient (Wildman–Crippen LogP) is 3.12. The van der Waals surface area contributed by atoms with E-state index in [0.29, 0.717) is 0 Å². The van der Waals surface area contributed by atoms with E-state index in [9.17, 15) is 20.2 Å². The van der Waals surface area contributed by atoms with Crippen LogP contribution >= 0.6 is 0 Å². The standard InChI is InChI=1S/C9H8N4O4/c1-2-5-10-11-8-4-3-7(12(14)15)6-9(8)13(16)17/h2-6H,1H3/b5-2-,11-10?. The van der Waals surface area contributed by atoms with Crippen molar-refractivity contribution in [2.75, 3.05) is 0 Å². The number of hydrogen-bond donors (Lipinski definition) is 0. The number of nitro groups is 2. The molecule has 0 radical (unpaired) electrons. The summed E-state index contributed by atoms with van der Waals surface area (Å²) in [6.07, 6.45) is 2.95. The molecule has 0 aromatic heterocycles. The maximum Gasteiger partial charge on any atom is 0.303 e. The van der Waals surface area contributed by atoms with E-state index in [0.717, 1.165) is 12.1 Å². The molecule has 0 aliphatic carbocycles. The van der Waals surface area contributed by atoms with Crippen LogP contribution in [0.1, 0.15) is 6.92 Å². The third kappa shape index (κ3) is 3.16. The van der Waals surface area contributed by atoms with Crippen molar-refractivity contribution < 1.29 is 9.85 Å². The van der Waals surface area contributed by atoms with Crippen molar-refractivity contribution in [3.05, 3.63) is 50.7 Å². The number of nitro benzene ring substituents is 2. The van der Waals surface area contributed by atoms with E-state index in [1.165, 1.54) is 12.3 Å². The Morgan fingerprint density at radius 2 is 1.94 bits per heavy atom. The first-order valence-electron chi connectivity index (χ1n) is 4.51. The van der Waals surface area contributed by atoms with Crippen molar-refractivity contribution >= 4 is 17.1 Å². The second-order valence-corrected chi connectivity index (χ2v) is 2.89. The average Bonchev–Trinajstić information content (AvgIpc) is 2.29. The molecular formula is C9H8N4O4. The van der Waals surface area contributed by atoms with Gasteiger partial charge >= 0.3 is 5.69 Å². The van der Waals surface area contributed by atoms with E-state index in [2.05, 4.69) is 10.2 Å². The van der Waals surface area contributed by atoms with E-state index in [-0.39, 0.29) is 11.4 Å². The molecule has 0 fully saturated rings. The predicted molar refractivity (Wildman–Crippen MR) is 59.1 cm³/mol. The molecule has 0 aliphatic heterocycles. The zero-order valence-corrected chi connectivity index (χ0v) is 8.81. The van der Waals surface area contributed by atoms with Crippen LogP contribution in [0.3, 0.4) is 0 Å². The van der Waals surface area contributed by atoms with Crippen LogP contribution in [0.4, 0.5) is 17.1 Å². The Labute approximate surface area is 95.6 Å². The molecule has 0 saturated heterocycles. The lowest BCUT2D eigenvalue weighted by molar-refractivity contribution is -0.393. The quantitative estimate of drug-likeness (QED) is 0.454. The number of non-ortho nitro benzene ring substituents is 1. The van der Waals surface area contributed by atoms with Crippen LogP contribution in [0, 0.1) is 20.2 Å². The van der Waals surface area contributed by atoms with Gasteiger partial charge in [-0.15, -0.1) is 5.11 Å². The van der Waals surface area contributed by atoms with Gasteiger partial charge in [-0.2, -0.15) is 5.11 Å². The second-order valence-electron chi connectivity index (χ2n) is 2.89. The summed E-state index contributed by atoms with van der Waals surface area (Å²) in [7, 11) is 0. The third-order valence-electron chi connectivity index (χ3n) is 1.75. The molecule has 0 heterocycles. The van der Waals surface area contributed by atoms with Gasteiger partial charge in [0, 0.05) is 12.3 Å². The average molecular weight is 236 g/mol. The minimum atomic E-state index is -0.739. The Balaban J connectivity index is 3.22. The normalized spacial score (nSPS) is 11.1. The van der Waals surface area contributed by atoms with Crippen molar-refractivity contribution in [1.29, 1.82) is 0 Å². The number of nitrogens with zero attached hydrogens (tertiary/aromatic N) is 4. The van der Waals surface area contributed by atoms with Crippen molar-refractivity contribution in [1.82, 2.24) is 0 Å². The Bertz CT molecular complexity index is 510. The van der Waals surface area contributed by atoms with Crippen LogP contribution in [0.5, 0.6) is 0 Å². The van der Waals surface area contributed by atoms with Crippen molar-refractivity contribution in [3.63, 3.8) is 0 Å². The largest absolute Gasteiger partial charge is 0.303 e. The highest BCUT2D eigenvalue weighted by Gasteiger charge is 2.19. The first-order chi connectivity index (χ1) is 8.06. The molecule has 8 heteroatoms. The molecule has 0 amide bonds. The van der Waals surface area contributed by atoms with Crippen LogP contribution in [0.15, 0.2) is 40.7 Å². The van der Waals surface area contributed by atoms with Gasteiger partial charge in [0.05, 0.1) is 15.9 Å². The summed E-state index contributed by atoms with van der Waals surface area (Å²) in [5, 5.41) is 28.3. The summed E-state index contributed by atoms with van der Waals surface area (Å²) >= 11 is 0. The Morgan fingerprint density at radius 3 is 2.47 bits per heavy atom. The molecule has 1 rings (SSSR count). The van der Waals surface area contributed by atoms with Gasteiger partial charge in [-0.05, 0) is 13.0 Å². The zero-order chi connectivity index (χ0) is 12.8.